The first-order chi connectivity index (χ1) is 27.3. The van der Waals surface area contributed by atoms with E-state index in [9.17, 15) is 15.0 Å². The molecule has 0 saturated heterocycles. The number of benzene rings is 3. The van der Waals surface area contributed by atoms with Crippen molar-refractivity contribution < 1.29 is 43.1 Å². The number of methoxy groups -OCH3 is 2. The molecule has 1 amide bonds. The third-order valence-corrected chi connectivity index (χ3v) is 8.99. The second kappa shape index (κ2) is 19.5. The molecule has 0 aliphatic carbocycles. The molecule has 57 heavy (non-hydrogen) atoms. The van der Waals surface area contributed by atoms with E-state index in [2.05, 4.69) is 5.10 Å². The quantitative estimate of drug-likeness (QED) is 0.0911. The van der Waals surface area contributed by atoms with Gasteiger partial charge in [-0.05, 0) is 80.3 Å². The number of likely N-dealkylation sites (N-methyl/N-ethyl adjacent to an activating group) is 1. The smallest absolute Gasteiger partial charge is 0.410 e. The van der Waals surface area contributed by atoms with Crippen LogP contribution in [0.15, 0.2) is 72.9 Å². The van der Waals surface area contributed by atoms with Crippen LogP contribution in [0.4, 0.5) is 15.0 Å². The summed E-state index contributed by atoms with van der Waals surface area (Å²) in [6.07, 6.45) is 1.06. The number of fused-ring (bicyclic) bond motifs is 1. The lowest BCUT2D eigenvalue weighted by atomic mass is 10.1. The molecule has 2 atom stereocenters. The summed E-state index contributed by atoms with van der Waals surface area (Å²) in [4.78, 5) is 25.3. The van der Waals surface area contributed by atoms with E-state index in [1.807, 2.05) is 60.4 Å². The molecule has 306 valence electrons. The van der Waals surface area contributed by atoms with Gasteiger partial charge in [0.2, 0.25) is 0 Å². The van der Waals surface area contributed by atoms with E-state index >= 15 is 4.39 Å². The Morgan fingerprint density at radius 3 is 2.12 bits per heavy atom. The zero-order valence-electron chi connectivity index (χ0n) is 33.6. The minimum absolute atomic E-state index is 0.0170. The lowest BCUT2D eigenvalue weighted by Crippen LogP contribution is -2.36. The molecule has 2 aromatic heterocycles. The number of anilines is 1. The maximum atomic E-state index is 15.5. The second-order valence-electron chi connectivity index (χ2n) is 14.6. The molecule has 2 N–H and O–H groups in total. The predicted octanol–water partition coefficient (Wildman–Crippen LogP) is 6.74. The third-order valence-electron chi connectivity index (χ3n) is 8.99. The van der Waals surface area contributed by atoms with Crippen LogP contribution in [0.25, 0.3) is 5.65 Å². The third kappa shape index (κ3) is 11.4. The Balaban J connectivity index is 1.50. The van der Waals surface area contributed by atoms with Gasteiger partial charge in [-0.15, -0.1) is 5.10 Å². The molecule has 0 saturated carbocycles. The fraction of sp³-hybridized carbons (Fsp3) is 0.429. The van der Waals surface area contributed by atoms with Crippen molar-refractivity contribution in [1.82, 2.24) is 24.5 Å². The van der Waals surface area contributed by atoms with E-state index in [0.29, 0.717) is 37.4 Å². The van der Waals surface area contributed by atoms with Gasteiger partial charge in [-0.2, -0.15) is 4.98 Å². The summed E-state index contributed by atoms with van der Waals surface area (Å²) in [6, 6.07) is 19.6. The van der Waals surface area contributed by atoms with Crippen LogP contribution in [0.3, 0.4) is 0 Å². The summed E-state index contributed by atoms with van der Waals surface area (Å²) in [6.45, 7) is 8.26. The van der Waals surface area contributed by atoms with Crippen molar-refractivity contribution in [3.05, 3.63) is 101 Å². The van der Waals surface area contributed by atoms with Crippen LogP contribution < -0.4 is 23.8 Å². The number of nitrogens with zero attached hydrogens (tertiary/aromatic N) is 6. The average Bonchev–Trinajstić information content (AvgIpc) is 3.61. The van der Waals surface area contributed by atoms with Gasteiger partial charge in [0, 0.05) is 33.2 Å². The van der Waals surface area contributed by atoms with Gasteiger partial charge in [-0.25, -0.2) is 18.7 Å². The van der Waals surface area contributed by atoms with E-state index in [1.54, 1.807) is 48.1 Å². The summed E-state index contributed by atoms with van der Waals surface area (Å²) < 4.78 is 45.0. The Bertz CT molecular complexity index is 2000. The van der Waals surface area contributed by atoms with Crippen molar-refractivity contribution in [2.75, 3.05) is 45.9 Å². The van der Waals surface area contributed by atoms with Crippen molar-refractivity contribution in [2.24, 2.45) is 0 Å². The largest absolute Gasteiger partial charge is 0.497 e. The van der Waals surface area contributed by atoms with Crippen LogP contribution >= 0.6 is 0 Å². The summed E-state index contributed by atoms with van der Waals surface area (Å²) in [5.41, 5.74) is 2.09. The molecule has 3 aromatic carbocycles. The number of ether oxygens (including phenoxy) is 5. The van der Waals surface area contributed by atoms with Crippen LogP contribution in [0.1, 0.15) is 75.4 Å². The highest BCUT2D eigenvalue weighted by Gasteiger charge is 2.26. The standard InChI is InChI=1S/C42H53FN6O8/c1-8-9-33(20-22-50)56-40-45-39(48(26-28-10-15-31(53-6)16-11-28)27-29-12-17-32(54-7)18-13-29)38-44-25-35(49(38)46-40)37(51)30-14-19-36(34(43)24-30)55-23-21-47(5)41(52)57-42(2,3)4/h10-19,24-25,33,37,50-51H,8-9,20-23,26-27H2,1-7H3. The number of hydrogen-bond acceptors (Lipinski definition) is 12. The molecule has 5 rings (SSSR count). The Morgan fingerprint density at radius 2 is 1.58 bits per heavy atom. The molecule has 0 spiro atoms. The van der Waals surface area contributed by atoms with Gasteiger partial charge in [-0.3, -0.25) is 0 Å². The number of carbonyl (C=O) groups is 1. The molecule has 0 fully saturated rings. The van der Waals surface area contributed by atoms with E-state index in [4.69, 9.17) is 33.7 Å². The lowest BCUT2D eigenvalue weighted by molar-refractivity contribution is 0.0277. The zero-order valence-corrected chi connectivity index (χ0v) is 33.6. The molecule has 5 aromatic rings. The highest BCUT2D eigenvalue weighted by Crippen LogP contribution is 2.31. The second-order valence-corrected chi connectivity index (χ2v) is 14.6. The van der Waals surface area contributed by atoms with E-state index in [1.165, 1.54) is 27.7 Å². The van der Waals surface area contributed by atoms with Gasteiger partial charge in [-0.1, -0.05) is 43.7 Å². The predicted molar refractivity (Wildman–Crippen MR) is 213 cm³/mol. The Labute approximate surface area is 332 Å². The average molecular weight is 789 g/mol. The Kier molecular flexibility index (Phi) is 14.5. The molecular weight excluding hydrogens is 735 g/mol. The fourth-order valence-electron chi connectivity index (χ4n) is 6.00. The van der Waals surface area contributed by atoms with Gasteiger partial charge in [0.1, 0.15) is 35.9 Å². The minimum atomic E-state index is -1.36. The molecule has 0 aliphatic rings. The van der Waals surface area contributed by atoms with Gasteiger partial charge in [0.15, 0.2) is 23.0 Å². The van der Waals surface area contributed by atoms with Crippen LogP contribution in [0.2, 0.25) is 0 Å². The molecule has 0 bridgehead atoms. The molecule has 2 heterocycles. The van der Waals surface area contributed by atoms with Crippen molar-refractivity contribution in [1.29, 1.82) is 0 Å². The van der Waals surface area contributed by atoms with E-state index < -0.39 is 23.6 Å². The first-order valence-electron chi connectivity index (χ1n) is 18.9. The molecule has 0 aliphatic heterocycles. The number of carbonyl (C=O) groups excluding carboxylic acids is 1. The number of amides is 1. The van der Waals surface area contributed by atoms with Crippen molar-refractivity contribution in [3.8, 4) is 23.3 Å². The molecular formula is C42H53FN6O8. The summed E-state index contributed by atoms with van der Waals surface area (Å²) >= 11 is 0. The van der Waals surface area contributed by atoms with Crippen LogP contribution in [-0.4, -0.2) is 93.5 Å². The number of halogens is 1. The maximum absolute atomic E-state index is 15.5. The number of rotatable bonds is 19. The number of hydrogen-bond donors (Lipinski definition) is 2. The van der Waals surface area contributed by atoms with Crippen LogP contribution in [-0.2, 0) is 17.8 Å². The van der Waals surface area contributed by atoms with Crippen LogP contribution in [0.5, 0.6) is 23.3 Å². The van der Waals surface area contributed by atoms with Crippen molar-refractivity contribution >= 4 is 17.6 Å². The highest BCUT2D eigenvalue weighted by molar-refractivity contribution is 5.67. The lowest BCUT2D eigenvalue weighted by Gasteiger charge is -2.26. The topological polar surface area (TPSA) is 153 Å². The van der Waals surface area contributed by atoms with E-state index in [-0.39, 0.29) is 48.9 Å². The Morgan fingerprint density at radius 1 is 0.947 bits per heavy atom. The fourth-order valence-corrected chi connectivity index (χ4v) is 6.00. The SMILES string of the molecule is CCCC(CCO)Oc1nc(N(Cc2ccc(OC)cc2)Cc2ccc(OC)cc2)c2ncc(C(O)c3ccc(OCCN(C)C(=O)OC(C)(C)C)c(F)c3)n2n1. The normalized spacial score (nSPS) is 12.5. The van der Waals surface area contributed by atoms with Crippen molar-refractivity contribution in [3.63, 3.8) is 0 Å². The zero-order chi connectivity index (χ0) is 41.1. The number of aliphatic hydroxyl groups is 2. The van der Waals surface area contributed by atoms with Crippen molar-refractivity contribution in [2.45, 2.75) is 77.9 Å². The number of imidazole rings is 1. The van der Waals surface area contributed by atoms with Gasteiger partial charge in [0.05, 0.1) is 32.7 Å². The van der Waals surface area contributed by atoms with Gasteiger partial charge in [0.25, 0.3) is 0 Å². The Hall–Kier alpha value is -5.67. The summed E-state index contributed by atoms with van der Waals surface area (Å²) in [7, 11) is 4.80. The molecule has 0 radical (unpaired) electrons. The number of aliphatic hydroxyl groups excluding tert-OH is 2. The molecule has 2 unspecified atom stereocenters. The van der Waals surface area contributed by atoms with Crippen LogP contribution in [0, 0.1) is 5.82 Å². The maximum Gasteiger partial charge on any atom is 0.410 e. The molecule has 15 heteroatoms. The first kappa shape index (κ1) is 42.5. The molecule has 14 nitrogen and oxygen atoms in total. The van der Waals surface area contributed by atoms with E-state index in [0.717, 1.165) is 29.0 Å². The first-order valence-corrected chi connectivity index (χ1v) is 18.9. The van der Waals surface area contributed by atoms with Gasteiger partial charge < -0.3 is 43.7 Å². The van der Waals surface area contributed by atoms with Gasteiger partial charge >= 0.3 is 12.1 Å². The monoisotopic (exact) mass is 788 g/mol. The summed E-state index contributed by atoms with van der Waals surface area (Å²) in [5.74, 6) is 1.13. The number of aromatic nitrogens is 4. The summed E-state index contributed by atoms with van der Waals surface area (Å²) in [5, 5.41) is 26.2. The minimum Gasteiger partial charge on any atom is -0.497 e. The highest BCUT2D eigenvalue weighted by atomic mass is 19.1.